The third-order valence-corrected chi connectivity index (χ3v) is 6.96. The fraction of sp³-hybridized carbons (Fsp3) is 0.500. The minimum atomic E-state index is -3.13. The van der Waals surface area contributed by atoms with Gasteiger partial charge in [0.1, 0.15) is 0 Å². The minimum absolute atomic E-state index is 0.103. The maximum atomic E-state index is 12.1. The number of nitrogens with zero attached hydrogens (tertiary/aromatic N) is 1. The Kier molecular flexibility index (Phi) is 3.98. The first kappa shape index (κ1) is 14.9. The number of hydrogen-bond acceptors (Lipinski definition) is 4. The molecule has 0 atom stereocenters. The number of rotatable bonds is 5. The van der Waals surface area contributed by atoms with Crippen molar-refractivity contribution in [1.29, 1.82) is 0 Å². The maximum Gasteiger partial charge on any atom is 0.230 e. The molecular formula is C14H18N2O3S2. The molecule has 1 aliphatic heterocycles. The van der Waals surface area contributed by atoms with Crippen LogP contribution in [0.15, 0.2) is 29.2 Å². The van der Waals surface area contributed by atoms with Gasteiger partial charge in [-0.25, -0.2) is 8.42 Å². The van der Waals surface area contributed by atoms with Crippen molar-refractivity contribution < 1.29 is 13.2 Å². The monoisotopic (exact) mass is 326 g/mol. The van der Waals surface area contributed by atoms with E-state index in [0.29, 0.717) is 13.1 Å². The molecule has 1 N–H and O–H groups in total. The Bertz CT molecular complexity index is 633. The molecule has 1 aromatic carbocycles. The number of carbonyl (C=O) groups is 1. The molecule has 1 amide bonds. The Morgan fingerprint density at radius 2 is 1.86 bits per heavy atom. The first-order chi connectivity index (χ1) is 10.0. The summed E-state index contributed by atoms with van der Waals surface area (Å²) in [5.41, 5.74) is 0.751. The molecule has 1 aliphatic carbocycles. The molecule has 3 rings (SSSR count). The van der Waals surface area contributed by atoms with Crippen molar-refractivity contribution in [3.63, 3.8) is 0 Å². The molecule has 1 saturated carbocycles. The zero-order valence-corrected chi connectivity index (χ0v) is 13.4. The van der Waals surface area contributed by atoms with Gasteiger partial charge in [-0.2, -0.15) is 4.31 Å². The Labute approximate surface area is 129 Å². The van der Waals surface area contributed by atoms with E-state index in [-0.39, 0.29) is 17.1 Å². The largest absolute Gasteiger partial charge is 0.326 e. The highest BCUT2D eigenvalue weighted by atomic mass is 32.2. The Balaban J connectivity index is 1.53. The van der Waals surface area contributed by atoms with E-state index in [0.717, 1.165) is 23.4 Å². The van der Waals surface area contributed by atoms with Crippen molar-refractivity contribution in [2.24, 2.45) is 5.92 Å². The second-order valence-corrected chi connectivity index (χ2v) is 8.57. The van der Waals surface area contributed by atoms with Crippen LogP contribution in [-0.2, 0) is 14.8 Å². The van der Waals surface area contributed by atoms with Gasteiger partial charge in [0.15, 0.2) is 0 Å². The second-order valence-electron chi connectivity index (χ2n) is 5.48. The minimum Gasteiger partial charge on any atom is -0.326 e. The molecule has 5 nitrogen and oxygen atoms in total. The Morgan fingerprint density at radius 3 is 2.38 bits per heavy atom. The number of thioether (sulfide) groups is 1. The van der Waals surface area contributed by atoms with Crippen molar-refractivity contribution in [3.8, 4) is 0 Å². The number of carbonyl (C=O) groups excluding carboxylic acids is 1. The topological polar surface area (TPSA) is 66.5 Å². The molecule has 0 unspecified atom stereocenters. The van der Waals surface area contributed by atoms with Gasteiger partial charge in [-0.15, -0.1) is 11.8 Å². The van der Waals surface area contributed by atoms with Crippen LogP contribution in [0.3, 0.4) is 0 Å². The normalized spacial score (nSPS) is 20.0. The van der Waals surface area contributed by atoms with Crippen LogP contribution >= 0.6 is 11.8 Å². The summed E-state index contributed by atoms with van der Waals surface area (Å²) in [4.78, 5) is 13.2. The molecule has 0 radical (unpaired) electrons. The number of amides is 1. The molecule has 0 bridgehead atoms. The molecule has 1 saturated heterocycles. The van der Waals surface area contributed by atoms with Gasteiger partial charge < -0.3 is 5.32 Å². The van der Waals surface area contributed by atoms with E-state index in [1.54, 1.807) is 11.8 Å². The van der Waals surface area contributed by atoms with E-state index < -0.39 is 10.0 Å². The summed E-state index contributed by atoms with van der Waals surface area (Å²) in [5.74, 6) is -0.340. The van der Waals surface area contributed by atoms with Crippen molar-refractivity contribution in [2.45, 2.75) is 23.0 Å². The van der Waals surface area contributed by atoms with Crippen LogP contribution in [0.1, 0.15) is 12.8 Å². The average Bonchev–Trinajstić information content (AvgIpc) is 3.22. The molecule has 0 spiro atoms. The molecule has 0 aromatic heterocycles. The molecule has 21 heavy (non-hydrogen) atoms. The van der Waals surface area contributed by atoms with Crippen LogP contribution in [0.5, 0.6) is 0 Å². The average molecular weight is 326 g/mol. The number of sulfonamides is 1. The molecule has 2 aliphatic rings. The summed E-state index contributed by atoms with van der Waals surface area (Å²) in [5, 5.41) is 2.65. The van der Waals surface area contributed by atoms with Gasteiger partial charge in [0.05, 0.1) is 11.2 Å². The number of benzene rings is 1. The maximum absolute atomic E-state index is 12.1. The quantitative estimate of drug-likeness (QED) is 0.838. The standard InChI is InChI=1S/C14H18N2O3S2/c1-20-12-4-2-11(3-5-12)15-14(17)10-8-16(9-10)21(18,19)13-6-7-13/h2-5,10,13H,6-9H2,1H3,(H,15,17). The molecule has 114 valence electrons. The first-order valence-electron chi connectivity index (χ1n) is 6.94. The summed E-state index contributed by atoms with van der Waals surface area (Å²) < 4.78 is 25.4. The van der Waals surface area contributed by atoms with E-state index in [4.69, 9.17) is 0 Å². The zero-order valence-electron chi connectivity index (χ0n) is 11.8. The second kappa shape index (κ2) is 5.62. The smallest absolute Gasteiger partial charge is 0.230 e. The van der Waals surface area contributed by atoms with E-state index in [2.05, 4.69) is 5.32 Å². The third kappa shape index (κ3) is 3.09. The SMILES string of the molecule is CSc1ccc(NC(=O)C2CN(S(=O)(=O)C3CC3)C2)cc1. The highest BCUT2D eigenvalue weighted by Crippen LogP contribution is 2.34. The van der Waals surface area contributed by atoms with Gasteiger partial charge >= 0.3 is 0 Å². The van der Waals surface area contributed by atoms with Gasteiger partial charge in [-0.1, -0.05) is 0 Å². The van der Waals surface area contributed by atoms with E-state index in [1.165, 1.54) is 4.31 Å². The van der Waals surface area contributed by atoms with Gasteiger partial charge in [-0.3, -0.25) is 4.79 Å². The van der Waals surface area contributed by atoms with E-state index in [9.17, 15) is 13.2 Å². The lowest BCUT2D eigenvalue weighted by Crippen LogP contribution is -2.55. The molecule has 1 heterocycles. The molecule has 1 aromatic rings. The number of anilines is 1. The van der Waals surface area contributed by atoms with Crippen molar-refractivity contribution >= 4 is 33.4 Å². The Morgan fingerprint density at radius 1 is 1.24 bits per heavy atom. The molecular weight excluding hydrogens is 308 g/mol. The summed E-state index contributed by atoms with van der Waals surface area (Å²) in [6.07, 6.45) is 3.52. The lowest BCUT2D eigenvalue weighted by molar-refractivity contribution is -0.122. The fourth-order valence-electron chi connectivity index (χ4n) is 2.31. The fourth-order valence-corrected chi connectivity index (χ4v) is 4.64. The zero-order chi connectivity index (χ0) is 15.0. The predicted octanol–water partition coefficient (Wildman–Crippen LogP) is 1.77. The van der Waals surface area contributed by atoms with E-state index in [1.807, 2.05) is 30.5 Å². The highest BCUT2D eigenvalue weighted by Gasteiger charge is 2.46. The van der Waals surface area contributed by atoms with Crippen LogP contribution in [0.2, 0.25) is 0 Å². The molecule has 2 fully saturated rings. The van der Waals surface area contributed by atoms with Crippen molar-refractivity contribution in [3.05, 3.63) is 24.3 Å². The lowest BCUT2D eigenvalue weighted by atomic mass is 10.0. The number of nitrogens with one attached hydrogen (secondary N) is 1. The van der Waals surface area contributed by atoms with Crippen molar-refractivity contribution in [2.75, 3.05) is 24.7 Å². The van der Waals surface area contributed by atoms with Crippen LogP contribution < -0.4 is 5.32 Å². The molecule has 7 heteroatoms. The van der Waals surface area contributed by atoms with Crippen LogP contribution in [-0.4, -0.2) is 43.2 Å². The van der Waals surface area contributed by atoms with Crippen molar-refractivity contribution in [1.82, 2.24) is 4.31 Å². The van der Waals surface area contributed by atoms with Gasteiger partial charge in [0, 0.05) is 23.7 Å². The van der Waals surface area contributed by atoms with Crippen LogP contribution in [0, 0.1) is 5.92 Å². The first-order valence-corrected chi connectivity index (χ1v) is 9.67. The third-order valence-electron chi connectivity index (χ3n) is 3.88. The lowest BCUT2D eigenvalue weighted by Gasteiger charge is -2.37. The summed E-state index contributed by atoms with van der Waals surface area (Å²) in [7, 11) is -3.13. The summed E-state index contributed by atoms with van der Waals surface area (Å²) in [6.45, 7) is 0.626. The van der Waals surface area contributed by atoms with Gasteiger partial charge in [0.2, 0.25) is 15.9 Å². The van der Waals surface area contributed by atoms with Gasteiger partial charge in [-0.05, 0) is 43.4 Å². The van der Waals surface area contributed by atoms with Gasteiger partial charge in [0.25, 0.3) is 0 Å². The highest BCUT2D eigenvalue weighted by molar-refractivity contribution is 7.98. The summed E-state index contributed by atoms with van der Waals surface area (Å²) >= 11 is 1.64. The van der Waals surface area contributed by atoms with Crippen LogP contribution in [0.25, 0.3) is 0 Å². The van der Waals surface area contributed by atoms with E-state index >= 15 is 0 Å². The van der Waals surface area contributed by atoms with Crippen LogP contribution in [0.4, 0.5) is 5.69 Å². The summed E-state index contributed by atoms with van der Waals surface area (Å²) in [6, 6.07) is 7.62. The Hall–Kier alpha value is -1.05. The predicted molar refractivity (Wildman–Crippen MR) is 83.9 cm³/mol. The number of hydrogen-bond donors (Lipinski definition) is 1.